The Morgan fingerprint density at radius 1 is 1.00 bits per heavy atom. The van der Waals surface area contributed by atoms with E-state index in [4.69, 9.17) is 11.6 Å². The van der Waals surface area contributed by atoms with Gasteiger partial charge >= 0.3 is 0 Å². The van der Waals surface area contributed by atoms with Crippen molar-refractivity contribution in [2.75, 3.05) is 0 Å². The molecule has 4 rings (SSSR count). The number of benzene rings is 2. The van der Waals surface area contributed by atoms with E-state index in [1.165, 1.54) is 0 Å². The summed E-state index contributed by atoms with van der Waals surface area (Å²) in [5, 5.41) is 0. The van der Waals surface area contributed by atoms with Crippen LogP contribution >= 0.6 is 11.6 Å². The average Bonchev–Trinajstić information content (AvgIpc) is 2.94. The van der Waals surface area contributed by atoms with Crippen LogP contribution in [0.15, 0.2) is 59.5 Å². The predicted molar refractivity (Wildman–Crippen MR) is 119 cm³/mol. The number of fused-ring (bicyclic) bond motifs is 1. The zero-order valence-corrected chi connectivity index (χ0v) is 19.4. The summed E-state index contributed by atoms with van der Waals surface area (Å²) in [4.78, 5) is 13.2. The van der Waals surface area contributed by atoms with E-state index in [0.29, 0.717) is 6.42 Å². The molecule has 0 radical (unpaired) electrons. The van der Waals surface area contributed by atoms with Gasteiger partial charge in [-0.2, -0.15) is 0 Å². The molecule has 1 saturated heterocycles. The molecule has 2 aliphatic rings. The molecule has 0 bridgehead atoms. The van der Waals surface area contributed by atoms with Crippen LogP contribution in [-0.4, -0.2) is 29.5 Å². The van der Waals surface area contributed by atoms with Crippen molar-refractivity contribution >= 4 is 27.5 Å². The standard InChI is InChI=1S/C24H28ClNO3S/c1-16-10-12-18(13-11-16)30(28,29)26-19-14-23(2,3)15-24(4,25)21(19)20(22(26)27)17-8-6-5-7-9-17/h5-13,19-21H,14-15H2,1-4H3/t19-,20-,21+,24-/m0/s1. The normalized spacial score (nSPS) is 30.9. The third-order valence-corrected chi connectivity index (χ3v) is 8.80. The van der Waals surface area contributed by atoms with Crippen LogP contribution in [0.4, 0.5) is 0 Å². The predicted octanol–water partition coefficient (Wildman–Crippen LogP) is 5.11. The molecule has 2 fully saturated rings. The number of hydrogen-bond donors (Lipinski definition) is 0. The Kier molecular flexibility index (Phi) is 5.06. The van der Waals surface area contributed by atoms with Crippen molar-refractivity contribution in [1.29, 1.82) is 0 Å². The number of halogens is 1. The highest BCUT2D eigenvalue weighted by molar-refractivity contribution is 7.89. The summed E-state index contributed by atoms with van der Waals surface area (Å²) in [5.41, 5.74) is 1.62. The van der Waals surface area contributed by atoms with Gasteiger partial charge in [-0.1, -0.05) is 61.9 Å². The number of alkyl halides is 1. The fourth-order valence-corrected chi connectivity index (χ4v) is 7.86. The summed E-state index contributed by atoms with van der Waals surface area (Å²) >= 11 is 7.08. The fraction of sp³-hybridized carbons (Fsp3) is 0.458. The summed E-state index contributed by atoms with van der Waals surface area (Å²) in [7, 11) is -3.99. The minimum Gasteiger partial charge on any atom is -0.273 e. The first kappa shape index (κ1) is 21.4. The van der Waals surface area contributed by atoms with Crippen LogP contribution in [0, 0.1) is 18.3 Å². The molecule has 1 aliphatic carbocycles. The van der Waals surface area contributed by atoms with E-state index in [1.807, 2.05) is 44.2 Å². The van der Waals surface area contributed by atoms with Crippen molar-refractivity contribution < 1.29 is 13.2 Å². The molecule has 0 unspecified atom stereocenters. The van der Waals surface area contributed by atoms with Gasteiger partial charge < -0.3 is 0 Å². The van der Waals surface area contributed by atoms with E-state index >= 15 is 0 Å². The first-order chi connectivity index (χ1) is 13.9. The molecule has 2 aromatic rings. The van der Waals surface area contributed by atoms with Crippen LogP contribution < -0.4 is 0 Å². The Labute approximate surface area is 184 Å². The molecule has 4 nitrogen and oxygen atoms in total. The van der Waals surface area contributed by atoms with Gasteiger partial charge in [-0.25, -0.2) is 12.7 Å². The molecule has 1 aliphatic heterocycles. The lowest BCUT2D eigenvalue weighted by atomic mass is 9.62. The lowest BCUT2D eigenvalue weighted by molar-refractivity contribution is -0.125. The van der Waals surface area contributed by atoms with Gasteiger partial charge in [0.25, 0.3) is 10.0 Å². The smallest absolute Gasteiger partial charge is 0.266 e. The summed E-state index contributed by atoms with van der Waals surface area (Å²) < 4.78 is 28.5. The number of carbonyl (C=O) groups is 1. The van der Waals surface area contributed by atoms with Crippen LogP contribution in [0.25, 0.3) is 0 Å². The average molecular weight is 446 g/mol. The highest BCUT2D eigenvalue weighted by Crippen LogP contribution is 2.58. The maximum atomic E-state index is 13.7. The lowest BCUT2D eigenvalue weighted by Gasteiger charge is -2.48. The third-order valence-electron chi connectivity index (χ3n) is 6.58. The van der Waals surface area contributed by atoms with Gasteiger partial charge in [-0.3, -0.25) is 4.79 Å². The fourth-order valence-electron chi connectivity index (χ4n) is 5.60. The first-order valence-corrected chi connectivity index (χ1v) is 12.1. The molecule has 1 heterocycles. The topological polar surface area (TPSA) is 54.5 Å². The molecule has 6 heteroatoms. The van der Waals surface area contributed by atoms with Gasteiger partial charge in [0.05, 0.1) is 16.9 Å². The molecule has 1 amide bonds. The second-order valence-electron chi connectivity index (χ2n) is 9.76. The van der Waals surface area contributed by atoms with Crippen molar-refractivity contribution in [2.24, 2.45) is 11.3 Å². The second kappa shape index (κ2) is 7.10. The van der Waals surface area contributed by atoms with E-state index in [1.54, 1.807) is 24.3 Å². The Balaban J connectivity index is 1.88. The van der Waals surface area contributed by atoms with Gasteiger partial charge in [0.2, 0.25) is 5.91 Å². The Morgan fingerprint density at radius 3 is 2.20 bits per heavy atom. The van der Waals surface area contributed by atoms with Crippen LogP contribution in [0.5, 0.6) is 0 Å². The number of amides is 1. The zero-order valence-electron chi connectivity index (χ0n) is 17.8. The third kappa shape index (κ3) is 3.46. The Bertz CT molecular complexity index is 1060. The molecular weight excluding hydrogens is 418 g/mol. The van der Waals surface area contributed by atoms with Gasteiger partial charge in [-0.15, -0.1) is 11.6 Å². The maximum absolute atomic E-state index is 13.7. The van der Waals surface area contributed by atoms with Crippen molar-refractivity contribution in [3.8, 4) is 0 Å². The molecule has 4 atom stereocenters. The van der Waals surface area contributed by atoms with Crippen molar-refractivity contribution in [2.45, 2.75) is 62.3 Å². The van der Waals surface area contributed by atoms with Gasteiger partial charge in [0.1, 0.15) is 0 Å². The molecular formula is C24H28ClNO3S. The highest BCUT2D eigenvalue weighted by Gasteiger charge is 2.62. The minimum atomic E-state index is -3.99. The molecule has 2 aromatic carbocycles. The number of carbonyl (C=O) groups excluding carboxylic acids is 1. The van der Waals surface area contributed by atoms with E-state index in [-0.39, 0.29) is 22.1 Å². The van der Waals surface area contributed by atoms with Crippen LogP contribution in [0.2, 0.25) is 0 Å². The molecule has 0 spiro atoms. The summed E-state index contributed by atoms with van der Waals surface area (Å²) in [6.45, 7) is 8.06. The van der Waals surface area contributed by atoms with Crippen molar-refractivity contribution in [3.05, 3.63) is 65.7 Å². The lowest BCUT2D eigenvalue weighted by Crippen LogP contribution is -2.52. The summed E-state index contributed by atoms with van der Waals surface area (Å²) in [5.74, 6) is -1.24. The van der Waals surface area contributed by atoms with Gasteiger partial charge in [0, 0.05) is 10.8 Å². The number of nitrogens with zero attached hydrogens (tertiary/aromatic N) is 1. The van der Waals surface area contributed by atoms with Crippen LogP contribution in [-0.2, 0) is 14.8 Å². The van der Waals surface area contributed by atoms with E-state index in [2.05, 4.69) is 13.8 Å². The molecule has 160 valence electrons. The number of sulfonamides is 1. The van der Waals surface area contributed by atoms with Gasteiger partial charge in [0.15, 0.2) is 0 Å². The minimum absolute atomic E-state index is 0.147. The first-order valence-electron chi connectivity index (χ1n) is 10.3. The molecule has 1 saturated carbocycles. The SMILES string of the molecule is Cc1ccc(S(=O)(=O)N2C(=O)[C@@H](c3ccccc3)[C@H]3[C@@H]2CC(C)(C)C[C@]3(C)Cl)cc1. The molecule has 0 N–H and O–H groups in total. The molecule has 0 aromatic heterocycles. The van der Waals surface area contributed by atoms with Gasteiger partial charge in [-0.05, 0) is 49.8 Å². The number of aryl methyl sites for hydroxylation is 1. The zero-order chi connectivity index (χ0) is 21.9. The quantitative estimate of drug-likeness (QED) is 0.616. The maximum Gasteiger partial charge on any atom is 0.266 e. The Morgan fingerprint density at radius 2 is 1.60 bits per heavy atom. The largest absolute Gasteiger partial charge is 0.273 e. The summed E-state index contributed by atoms with van der Waals surface area (Å²) in [6.07, 6.45) is 1.32. The summed E-state index contributed by atoms with van der Waals surface area (Å²) in [6, 6.07) is 15.7. The van der Waals surface area contributed by atoms with Crippen molar-refractivity contribution in [3.63, 3.8) is 0 Å². The van der Waals surface area contributed by atoms with Crippen LogP contribution in [0.1, 0.15) is 50.7 Å². The number of rotatable bonds is 3. The van der Waals surface area contributed by atoms with E-state index in [0.717, 1.165) is 21.9 Å². The van der Waals surface area contributed by atoms with Crippen LogP contribution in [0.3, 0.4) is 0 Å². The van der Waals surface area contributed by atoms with E-state index in [9.17, 15) is 13.2 Å². The van der Waals surface area contributed by atoms with Crippen molar-refractivity contribution in [1.82, 2.24) is 4.31 Å². The number of hydrogen-bond acceptors (Lipinski definition) is 3. The second-order valence-corrected chi connectivity index (χ2v) is 12.4. The van der Waals surface area contributed by atoms with E-state index < -0.39 is 26.9 Å². The highest BCUT2D eigenvalue weighted by atomic mass is 35.5. The molecule has 30 heavy (non-hydrogen) atoms. The monoisotopic (exact) mass is 445 g/mol. The Hall–Kier alpha value is -1.85.